The van der Waals surface area contributed by atoms with E-state index in [0.29, 0.717) is 27.3 Å². The van der Waals surface area contributed by atoms with Gasteiger partial charge in [-0.25, -0.2) is 4.90 Å². The number of nitrogens with zero attached hydrogens (tertiary/aromatic N) is 3. The molecule has 2 aliphatic rings. The van der Waals surface area contributed by atoms with E-state index in [1.165, 1.54) is 33.7 Å². The molecule has 2 aromatic carbocycles. The molecule has 0 spiro atoms. The minimum atomic E-state index is -4.61. The molecule has 37 heavy (non-hydrogen) atoms. The predicted molar refractivity (Wildman–Crippen MR) is 130 cm³/mol. The summed E-state index contributed by atoms with van der Waals surface area (Å²) in [6.45, 7) is 1.29. The van der Waals surface area contributed by atoms with Crippen LogP contribution in [0.25, 0.3) is 0 Å². The van der Waals surface area contributed by atoms with Crippen molar-refractivity contribution >= 4 is 29.2 Å². The number of carbonyl (C=O) groups is 2. The summed E-state index contributed by atoms with van der Waals surface area (Å²) >= 11 is 1.34. The van der Waals surface area contributed by atoms with Gasteiger partial charge in [0.1, 0.15) is 6.54 Å². The number of rotatable bonds is 6. The summed E-state index contributed by atoms with van der Waals surface area (Å²) in [6, 6.07) is 10.6. The lowest BCUT2D eigenvalue weighted by Crippen LogP contribution is -2.55. The number of nitriles is 1. The fraction of sp³-hybridized carbons (Fsp3) is 0.346. The van der Waals surface area contributed by atoms with Crippen LogP contribution in [-0.2, 0) is 20.5 Å². The SMILES string of the molecule is CCOC(=O)CN1C(c2ccc(C#N)cc2SC)C2=C(CCC2=O)N(c2cccc(C(F)(F)F)c2)C1O. The molecule has 0 radical (unpaired) electrons. The number of thioether (sulfide) groups is 1. The van der Waals surface area contributed by atoms with E-state index in [4.69, 9.17) is 4.74 Å². The second kappa shape index (κ2) is 10.6. The Hall–Kier alpha value is -3.33. The van der Waals surface area contributed by atoms with Gasteiger partial charge in [0.2, 0.25) is 0 Å². The molecule has 0 saturated carbocycles. The maximum atomic E-state index is 13.5. The first kappa shape index (κ1) is 26.7. The van der Waals surface area contributed by atoms with Gasteiger partial charge in [0.05, 0.1) is 29.8 Å². The van der Waals surface area contributed by atoms with Crippen LogP contribution in [0.3, 0.4) is 0 Å². The normalized spacial score (nSPS) is 20.1. The molecule has 11 heteroatoms. The molecule has 2 aromatic rings. The van der Waals surface area contributed by atoms with Crippen molar-refractivity contribution in [3.05, 3.63) is 70.4 Å². The average molecular weight is 532 g/mol. The Morgan fingerprint density at radius 2 is 2.00 bits per heavy atom. The average Bonchev–Trinajstić information content (AvgIpc) is 3.24. The number of anilines is 1. The number of carbonyl (C=O) groups excluding carboxylic acids is 2. The number of halogens is 3. The van der Waals surface area contributed by atoms with Crippen molar-refractivity contribution < 1.29 is 32.6 Å². The van der Waals surface area contributed by atoms with E-state index in [1.54, 1.807) is 31.4 Å². The lowest BCUT2D eigenvalue weighted by Gasteiger charge is -2.47. The number of ketones is 1. The third kappa shape index (κ3) is 5.09. The maximum absolute atomic E-state index is 13.5. The summed E-state index contributed by atoms with van der Waals surface area (Å²) in [5.41, 5.74) is 0.840. The first-order chi connectivity index (χ1) is 17.6. The fourth-order valence-corrected chi connectivity index (χ4v) is 5.46. The number of hydrogen-bond donors (Lipinski definition) is 1. The first-order valence-electron chi connectivity index (χ1n) is 11.5. The summed E-state index contributed by atoms with van der Waals surface area (Å²) in [4.78, 5) is 29.1. The minimum absolute atomic E-state index is 0.0433. The molecule has 0 saturated heterocycles. The van der Waals surface area contributed by atoms with Gasteiger partial charge in [0, 0.05) is 28.3 Å². The number of ether oxygens (including phenoxy) is 1. The summed E-state index contributed by atoms with van der Waals surface area (Å²) in [6.07, 6.45) is -4.05. The van der Waals surface area contributed by atoms with Gasteiger partial charge in [-0.15, -0.1) is 11.8 Å². The molecule has 7 nitrogen and oxygen atoms in total. The first-order valence-corrected chi connectivity index (χ1v) is 12.7. The zero-order chi connectivity index (χ0) is 26.9. The van der Waals surface area contributed by atoms with Crippen LogP contribution in [0.2, 0.25) is 0 Å². The van der Waals surface area contributed by atoms with Crippen molar-refractivity contribution in [3.63, 3.8) is 0 Å². The van der Waals surface area contributed by atoms with Crippen LogP contribution >= 0.6 is 11.8 Å². The van der Waals surface area contributed by atoms with Crippen molar-refractivity contribution in [1.82, 2.24) is 4.90 Å². The standard InChI is InChI=1S/C26H24F3N3O4S/c1-3-36-22(34)14-31-24(18-8-7-15(13-30)11-21(18)37-2)23-19(9-10-20(23)33)32(25(31)35)17-6-4-5-16(12-17)26(27,28)29/h4-8,11-12,24-25,35H,3,9-10,14H2,1-2H3. The van der Waals surface area contributed by atoms with Gasteiger partial charge in [-0.1, -0.05) is 12.1 Å². The van der Waals surface area contributed by atoms with E-state index < -0.39 is 36.6 Å². The molecule has 0 amide bonds. The van der Waals surface area contributed by atoms with Gasteiger partial charge in [-0.3, -0.25) is 9.59 Å². The minimum Gasteiger partial charge on any atom is -0.465 e. The number of benzene rings is 2. The van der Waals surface area contributed by atoms with Crippen LogP contribution in [0.15, 0.2) is 58.6 Å². The van der Waals surface area contributed by atoms with Crippen molar-refractivity contribution in [2.45, 2.75) is 43.2 Å². The van der Waals surface area contributed by atoms with Gasteiger partial charge in [0.15, 0.2) is 12.1 Å². The second-order valence-electron chi connectivity index (χ2n) is 8.50. The highest BCUT2D eigenvalue weighted by Gasteiger charge is 2.47. The van der Waals surface area contributed by atoms with E-state index in [2.05, 4.69) is 6.07 Å². The van der Waals surface area contributed by atoms with Crippen LogP contribution < -0.4 is 4.90 Å². The predicted octanol–water partition coefficient (Wildman–Crippen LogP) is 4.62. The highest BCUT2D eigenvalue weighted by atomic mass is 32.2. The number of hydrogen-bond acceptors (Lipinski definition) is 8. The lowest BCUT2D eigenvalue weighted by molar-refractivity contribution is -0.149. The van der Waals surface area contributed by atoms with E-state index in [1.807, 2.05) is 0 Å². The van der Waals surface area contributed by atoms with Crippen molar-refractivity contribution in [1.29, 1.82) is 5.26 Å². The Morgan fingerprint density at radius 1 is 1.24 bits per heavy atom. The molecule has 1 N–H and O–H groups in total. The van der Waals surface area contributed by atoms with Gasteiger partial charge in [-0.2, -0.15) is 18.4 Å². The molecule has 0 fully saturated rings. The van der Waals surface area contributed by atoms with E-state index >= 15 is 0 Å². The van der Waals surface area contributed by atoms with Gasteiger partial charge in [0.25, 0.3) is 0 Å². The van der Waals surface area contributed by atoms with Gasteiger partial charge in [-0.05, 0) is 55.5 Å². The zero-order valence-corrected chi connectivity index (χ0v) is 20.9. The molecular weight excluding hydrogens is 507 g/mol. The third-order valence-electron chi connectivity index (χ3n) is 6.35. The molecule has 2 unspecified atom stereocenters. The smallest absolute Gasteiger partial charge is 0.416 e. The molecule has 1 aliphatic heterocycles. The number of aliphatic hydroxyl groups is 1. The number of esters is 1. The van der Waals surface area contributed by atoms with Crippen LogP contribution in [0.4, 0.5) is 18.9 Å². The topological polar surface area (TPSA) is 93.9 Å². The fourth-order valence-electron chi connectivity index (χ4n) is 4.80. The summed E-state index contributed by atoms with van der Waals surface area (Å²) < 4.78 is 45.5. The second-order valence-corrected chi connectivity index (χ2v) is 9.34. The quantitative estimate of drug-likeness (QED) is 0.427. The Morgan fingerprint density at radius 3 is 2.65 bits per heavy atom. The highest BCUT2D eigenvalue weighted by Crippen LogP contribution is 2.48. The van der Waals surface area contributed by atoms with E-state index in [0.717, 1.165) is 12.1 Å². The largest absolute Gasteiger partial charge is 0.465 e. The molecule has 4 rings (SSSR count). The highest BCUT2D eigenvalue weighted by molar-refractivity contribution is 7.98. The van der Waals surface area contributed by atoms with Crippen LogP contribution in [0, 0.1) is 11.3 Å². The Labute approximate surface area is 216 Å². The molecular formula is C26H24F3N3O4S. The molecule has 2 atom stereocenters. The summed E-state index contributed by atoms with van der Waals surface area (Å²) in [7, 11) is 0. The molecule has 1 heterocycles. The van der Waals surface area contributed by atoms with Crippen LogP contribution in [-0.4, -0.2) is 47.5 Å². The zero-order valence-electron chi connectivity index (χ0n) is 20.1. The number of allylic oxidation sites excluding steroid dienone is 1. The van der Waals surface area contributed by atoms with Gasteiger partial charge < -0.3 is 14.7 Å². The Bertz CT molecular complexity index is 1300. The number of alkyl halides is 3. The third-order valence-corrected chi connectivity index (χ3v) is 7.14. The van der Waals surface area contributed by atoms with Crippen molar-refractivity contribution in [2.24, 2.45) is 0 Å². The van der Waals surface area contributed by atoms with Crippen LogP contribution in [0.1, 0.15) is 42.5 Å². The number of Topliss-reactive ketones (excluding diaryl/α,β-unsaturated/α-hetero) is 1. The van der Waals surface area contributed by atoms with Gasteiger partial charge >= 0.3 is 12.1 Å². The van der Waals surface area contributed by atoms with Crippen molar-refractivity contribution in [2.75, 3.05) is 24.3 Å². The van der Waals surface area contributed by atoms with E-state index in [-0.39, 0.29) is 30.9 Å². The van der Waals surface area contributed by atoms with Crippen molar-refractivity contribution in [3.8, 4) is 6.07 Å². The molecule has 0 bridgehead atoms. The number of aliphatic hydroxyl groups excluding tert-OH is 1. The maximum Gasteiger partial charge on any atom is 0.416 e. The summed E-state index contributed by atoms with van der Waals surface area (Å²) in [5, 5.41) is 20.9. The monoisotopic (exact) mass is 531 g/mol. The summed E-state index contributed by atoms with van der Waals surface area (Å²) in [5.74, 6) is -0.890. The van der Waals surface area contributed by atoms with Crippen LogP contribution in [0.5, 0.6) is 0 Å². The molecule has 1 aliphatic carbocycles. The Balaban J connectivity index is 1.93. The molecule has 0 aromatic heterocycles. The molecule has 194 valence electrons. The van der Waals surface area contributed by atoms with E-state index in [9.17, 15) is 33.1 Å². The Kier molecular flexibility index (Phi) is 7.64. The lowest BCUT2D eigenvalue weighted by atomic mass is 9.92.